The normalized spacial score (nSPS) is 10.2. The van der Waals surface area contributed by atoms with Crippen LogP contribution in [0.3, 0.4) is 0 Å². The molecular weight excluding hydrogens is 266 g/mol. The summed E-state index contributed by atoms with van der Waals surface area (Å²) >= 11 is 1.53. The number of aliphatic hydroxyl groups excluding tert-OH is 1. The number of nitrogens with zero attached hydrogens (tertiary/aromatic N) is 1. The molecule has 1 aromatic heterocycles. The minimum atomic E-state index is -0.335. The summed E-state index contributed by atoms with van der Waals surface area (Å²) in [5, 5.41) is 10.8. The molecular formula is C13H19NO4S. The minimum absolute atomic E-state index is 0.0280. The van der Waals surface area contributed by atoms with Crippen molar-refractivity contribution in [1.29, 1.82) is 0 Å². The maximum absolute atomic E-state index is 12.1. The Bertz CT molecular complexity index is 391. The van der Waals surface area contributed by atoms with E-state index in [1.165, 1.54) is 18.4 Å². The van der Waals surface area contributed by atoms with Crippen molar-refractivity contribution in [2.24, 2.45) is 0 Å². The second-order valence-corrected chi connectivity index (χ2v) is 5.07. The topological polar surface area (TPSA) is 66.8 Å². The third kappa shape index (κ3) is 5.85. The van der Waals surface area contributed by atoms with Gasteiger partial charge in [-0.2, -0.15) is 0 Å². The quantitative estimate of drug-likeness (QED) is 0.725. The molecule has 0 atom stereocenters. The molecule has 6 heteroatoms. The van der Waals surface area contributed by atoms with Gasteiger partial charge in [0.05, 0.1) is 20.0 Å². The molecule has 1 rings (SSSR count). The molecule has 0 saturated carbocycles. The molecule has 0 spiro atoms. The highest BCUT2D eigenvalue weighted by Crippen LogP contribution is 2.11. The number of carbonyl (C=O) groups is 2. The molecule has 0 aromatic carbocycles. The summed E-state index contributed by atoms with van der Waals surface area (Å²) < 4.78 is 4.57. The predicted molar refractivity (Wildman–Crippen MR) is 72.9 cm³/mol. The van der Waals surface area contributed by atoms with Crippen LogP contribution in [-0.4, -0.2) is 48.7 Å². The van der Waals surface area contributed by atoms with Gasteiger partial charge in [0.1, 0.15) is 0 Å². The molecule has 0 bridgehead atoms. The Morgan fingerprint density at radius 1 is 1.42 bits per heavy atom. The van der Waals surface area contributed by atoms with Gasteiger partial charge in [0.15, 0.2) is 0 Å². The molecule has 0 radical (unpaired) electrons. The third-order valence-corrected chi connectivity index (χ3v) is 3.53. The smallest absolute Gasteiger partial charge is 0.307 e. The van der Waals surface area contributed by atoms with Gasteiger partial charge >= 0.3 is 5.97 Å². The van der Waals surface area contributed by atoms with Crippen molar-refractivity contribution < 1.29 is 19.4 Å². The van der Waals surface area contributed by atoms with Crippen LogP contribution in [0.4, 0.5) is 0 Å². The molecule has 5 nitrogen and oxygen atoms in total. The zero-order valence-electron chi connectivity index (χ0n) is 11.0. The van der Waals surface area contributed by atoms with E-state index in [4.69, 9.17) is 5.11 Å². The van der Waals surface area contributed by atoms with Crippen molar-refractivity contribution >= 4 is 23.2 Å². The number of hydrogen-bond donors (Lipinski definition) is 1. The summed E-state index contributed by atoms with van der Waals surface area (Å²) in [5.74, 6) is -0.363. The van der Waals surface area contributed by atoms with Crippen LogP contribution >= 0.6 is 11.3 Å². The second kappa shape index (κ2) is 8.66. The average Bonchev–Trinajstić information content (AvgIpc) is 2.91. The van der Waals surface area contributed by atoms with Crippen molar-refractivity contribution in [2.75, 3.05) is 26.8 Å². The van der Waals surface area contributed by atoms with Gasteiger partial charge in [-0.25, -0.2) is 0 Å². The number of methoxy groups -OCH3 is 1. The van der Waals surface area contributed by atoms with Gasteiger partial charge in [-0.15, -0.1) is 11.3 Å². The van der Waals surface area contributed by atoms with E-state index < -0.39 is 0 Å². The largest absolute Gasteiger partial charge is 0.469 e. The van der Waals surface area contributed by atoms with Crippen LogP contribution in [0.2, 0.25) is 0 Å². The molecule has 1 N–H and O–H groups in total. The number of amides is 1. The molecule has 1 amide bonds. The van der Waals surface area contributed by atoms with Crippen molar-refractivity contribution in [3.8, 4) is 0 Å². The van der Waals surface area contributed by atoms with Gasteiger partial charge in [-0.1, -0.05) is 6.07 Å². The molecule has 19 heavy (non-hydrogen) atoms. The Hall–Kier alpha value is -1.40. The van der Waals surface area contributed by atoms with Crippen LogP contribution in [0.5, 0.6) is 0 Å². The Morgan fingerprint density at radius 3 is 2.79 bits per heavy atom. The number of rotatable bonds is 8. The summed E-state index contributed by atoms with van der Waals surface area (Å²) in [6, 6.07) is 3.81. The molecule has 1 aromatic rings. The molecule has 106 valence electrons. The SMILES string of the molecule is COC(=O)CCN(CCCO)C(=O)Cc1cccs1. The van der Waals surface area contributed by atoms with Gasteiger partial charge in [0.25, 0.3) is 0 Å². The fourth-order valence-corrected chi connectivity index (χ4v) is 2.32. The highest BCUT2D eigenvalue weighted by Gasteiger charge is 2.15. The first-order valence-electron chi connectivity index (χ1n) is 6.15. The van der Waals surface area contributed by atoms with Crippen molar-refractivity contribution in [3.05, 3.63) is 22.4 Å². The number of esters is 1. The molecule has 0 aliphatic heterocycles. The van der Waals surface area contributed by atoms with Crippen LogP contribution in [0.15, 0.2) is 17.5 Å². The Balaban J connectivity index is 2.51. The summed E-state index contributed by atoms with van der Waals surface area (Å²) in [5.41, 5.74) is 0. The van der Waals surface area contributed by atoms with E-state index in [-0.39, 0.29) is 24.9 Å². The van der Waals surface area contributed by atoms with Crippen LogP contribution in [0.25, 0.3) is 0 Å². The van der Waals surface area contributed by atoms with Crippen LogP contribution in [0.1, 0.15) is 17.7 Å². The first kappa shape index (κ1) is 15.7. The van der Waals surface area contributed by atoms with Crippen molar-refractivity contribution in [1.82, 2.24) is 4.90 Å². The lowest BCUT2D eigenvalue weighted by Crippen LogP contribution is -2.35. The van der Waals surface area contributed by atoms with Gasteiger partial charge < -0.3 is 14.7 Å². The van der Waals surface area contributed by atoms with E-state index >= 15 is 0 Å². The van der Waals surface area contributed by atoms with Gasteiger partial charge in [0.2, 0.25) is 5.91 Å². The van der Waals surface area contributed by atoms with Gasteiger partial charge in [0, 0.05) is 24.6 Å². The number of aliphatic hydroxyl groups is 1. The van der Waals surface area contributed by atoms with Gasteiger partial charge in [-0.3, -0.25) is 9.59 Å². The highest BCUT2D eigenvalue weighted by molar-refractivity contribution is 7.10. The zero-order valence-corrected chi connectivity index (χ0v) is 11.8. The number of thiophene rings is 1. The molecule has 0 saturated heterocycles. The van der Waals surface area contributed by atoms with Crippen LogP contribution in [0, 0.1) is 0 Å². The van der Waals surface area contributed by atoms with Crippen molar-refractivity contribution in [3.63, 3.8) is 0 Å². The fourth-order valence-electron chi connectivity index (χ4n) is 1.63. The lowest BCUT2D eigenvalue weighted by molar-refractivity contribution is -0.141. The first-order valence-corrected chi connectivity index (χ1v) is 7.03. The molecule has 1 heterocycles. The molecule has 0 unspecified atom stereocenters. The summed E-state index contributed by atoms with van der Waals surface area (Å²) in [7, 11) is 1.33. The number of ether oxygens (including phenoxy) is 1. The minimum Gasteiger partial charge on any atom is -0.469 e. The fraction of sp³-hybridized carbons (Fsp3) is 0.538. The highest BCUT2D eigenvalue weighted by atomic mass is 32.1. The second-order valence-electron chi connectivity index (χ2n) is 4.04. The molecule has 0 aliphatic rings. The zero-order chi connectivity index (χ0) is 14.1. The number of carbonyl (C=O) groups excluding carboxylic acids is 2. The first-order chi connectivity index (χ1) is 9.17. The Kier molecular flexibility index (Phi) is 7.14. The van der Waals surface area contributed by atoms with E-state index in [0.717, 1.165) is 4.88 Å². The van der Waals surface area contributed by atoms with E-state index in [1.807, 2.05) is 17.5 Å². The summed E-state index contributed by atoms with van der Waals surface area (Å²) in [4.78, 5) is 25.8. The summed E-state index contributed by atoms with van der Waals surface area (Å²) in [6.45, 7) is 0.815. The van der Waals surface area contributed by atoms with E-state index in [1.54, 1.807) is 4.90 Å². The molecule has 0 aliphatic carbocycles. The Labute approximate surface area is 116 Å². The van der Waals surface area contributed by atoms with Gasteiger partial charge in [-0.05, 0) is 17.9 Å². The maximum atomic E-state index is 12.1. The predicted octanol–water partition coefficient (Wildman–Crippen LogP) is 1.06. The van der Waals surface area contributed by atoms with Crippen LogP contribution in [-0.2, 0) is 20.7 Å². The lowest BCUT2D eigenvalue weighted by atomic mass is 10.2. The monoisotopic (exact) mass is 285 g/mol. The summed E-state index contributed by atoms with van der Waals surface area (Å²) in [6.07, 6.45) is 1.03. The Morgan fingerprint density at radius 2 is 2.21 bits per heavy atom. The van der Waals surface area contributed by atoms with E-state index in [2.05, 4.69) is 4.74 Å². The maximum Gasteiger partial charge on any atom is 0.307 e. The van der Waals surface area contributed by atoms with Crippen molar-refractivity contribution in [2.45, 2.75) is 19.3 Å². The third-order valence-electron chi connectivity index (χ3n) is 2.66. The van der Waals surface area contributed by atoms with E-state index in [0.29, 0.717) is 25.9 Å². The molecule has 0 fully saturated rings. The average molecular weight is 285 g/mol. The number of hydrogen-bond acceptors (Lipinski definition) is 5. The van der Waals surface area contributed by atoms with Crippen LogP contribution < -0.4 is 0 Å². The van der Waals surface area contributed by atoms with E-state index in [9.17, 15) is 9.59 Å². The lowest BCUT2D eigenvalue weighted by Gasteiger charge is -2.21. The standard InChI is InChI=1S/C13H19NO4S/c1-18-13(17)5-7-14(6-3-8-15)12(16)10-11-4-2-9-19-11/h2,4,9,15H,3,5-8,10H2,1H3.